The smallest absolute Gasteiger partial charge is 0.0882 e. The fourth-order valence-electron chi connectivity index (χ4n) is 4.83. The van der Waals surface area contributed by atoms with Gasteiger partial charge in [0.25, 0.3) is 0 Å². The first-order chi connectivity index (χ1) is 13.3. The van der Waals surface area contributed by atoms with Crippen molar-refractivity contribution >= 4 is 28.8 Å². The Labute approximate surface area is 177 Å². The molecule has 1 unspecified atom stereocenters. The van der Waals surface area contributed by atoms with Crippen LogP contribution in [0, 0.1) is 18.8 Å². The number of fused-ring (bicyclic) bond motifs is 1. The first-order valence-electron chi connectivity index (χ1n) is 9.95. The molecule has 0 spiro atoms. The zero-order valence-electron chi connectivity index (χ0n) is 16.3. The third-order valence-corrected chi connectivity index (χ3v) is 7.28. The fourth-order valence-corrected chi connectivity index (χ4v) is 5.27. The van der Waals surface area contributed by atoms with Gasteiger partial charge in [-0.2, -0.15) is 0 Å². The number of rotatable bonds is 4. The quantitative estimate of drug-likeness (QED) is 0.510. The van der Waals surface area contributed by atoms with E-state index in [2.05, 4.69) is 38.3 Å². The Balaban J connectivity index is 1.64. The Morgan fingerprint density at radius 2 is 1.89 bits per heavy atom. The number of hydrogen-bond acceptors (Lipinski definition) is 1. The average molecular weight is 413 g/mol. The summed E-state index contributed by atoms with van der Waals surface area (Å²) in [5.74, 6) is 1.53. The lowest BCUT2D eigenvalue weighted by Gasteiger charge is -2.36. The topological polar surface area (TPSA) is 20.2 Å². The van der Waals surface area contributed by atoms with Crippen LogP contribution in [0.25, 0.3) is 5.57 Å². The molecule has 0 aromatic heterocycles. The van der Waals surface area contributed by atoms with Crippen molar-refractivity contribution in [3.8, 4) is 0 Å². The summed E-state index contributed by atoms with van der Waals surface area (Å²) in [5, 5.41) is 11.3. The second kappa shape index (κ2) is 7.61. The number of aliphatic hydroxyl groups excluding tert-OH is 1. The van der Waals surface area contributed by atoms with Crippen LogP contribution in [0.15, 0.2) is 49.2 Å². The second-order valence-electron chi connectivity index (χ2n) is 8.50. The minimum atomic E-state index is 0.259. The van der Waals surface area contributed by atoms with E-state index in [1.165, 1.54) is 22.3 Å². The molecule has 2 aliphatic carbocycles. The summed E-state index contributed by atoms with van der Waals surface area (Å²) in [6.45, 7) is 10.1. The number of halogens is 2. The maximum Gasteiger partial charge on any atom is 0.0882 e. The molecule has 0 saturated heterocycles. The van der Waals surface area contributed by atoms with Gasteiger partial charge in [0.2, 0.25) is 0 Å². The SMILES string of the molecule is C=C1CC(c2cc(C)c(Cl)cc2CC2CC(C(=C)O)C2)Cc2c(Cl)cccc21. The Hall–Kier alpha value is -1.70. The predicted octanol–water partition coefficient (Wildman–Crippen LogP) is 7.69. The highest BCUT2D eigenvalue weighted by molar-refractivity contribution is 6.32. The van der Waals surface area contributed by atoms with Crippen LogP contribution >= 0.6 is 23.2 Å². The molecule has 1 atom stereocenters. The molecule has 3 heteroatoms. The van der Waals surface area contributed by atoms with E-state index < -0.39 is 0 Å². The first-order valence-corrected chi connectivity index (χ1v) is 10.7. The van der Waals surface area contributed by atoms with Crippen molar-refractivity contribution in [1.82, 2.24) is 0 Å². The number of allylic oxidation sites excluding steroid dienone is 2. The van der Waals surface area contributed by atoms with Gasteiger partial charge in [-0.25, -0.2) is 0 Å². The lowest BCUT2D eigenvalue weighted by molar-refractivity contribution is 0.168. The van der Waals surface area contributed by atoms with E-state index in [0.717, 1.165) is 53.3 Å². The minimum Gasteiger partial charge on any atom is -0.513 e. The van der Waals surface area contributed by atoms with Gasteiger partial charge >= 0.3 is 0 Å². The monoisotopic (exact) mass is 412 g/mol. The number of benzene rings is 2. The maximum atomic E-state index is 9.61. The molecule has 2 aromatic carbocycles. The molecule has 0 bridgehead atoms. The maximum absolute atomic E-state index is 9.61. The summed E-state index contributed by atoms with van der Waals surface area (Å²) in [5.41, 5.74) is 7.40. The molecule has 28 heavy (non-hydrogen) atoms. The summed E-state index contributed by atoms with van der Waals surface area (Å²) in [7, 11) is 0. The third-order valence-electron chi connectivity index (χ3n) is 6.52. The highest BCUT2D eigenvalue weighted by atomic mass is 35.5. The van der Waals surface area contributed by atoms with Crippen molar-refractivity contribution in [1.29, 1.82) is 0 Å². The van der Waals surface area contributed by atoms with Gasteiger partial charge in [0, 0.05) is 16.0 Å². The lowest BCUT2D eigenvalue weighted by Crippen LogP contribution is -2.27. The molecule has 146 valence electrons. The standard InChI is InChI=1S/C25H26Cl2O/c1-14-7-19(12-23-21(14)5-4-6-24(23)26)22-8-15(2)25(27)13-20(22)11-17-9-18(10-17)16(3)28/h4-6,8,13,17-19,28H,1,3,7,9-12H2,2H3. The van der Waals surface area contributed by atoms with Gasteiger partial charge < -0.3 is 5.11 Å². The van der Waals surface area contributed by atoms with Crippen molar-refractivity contribution in [2.24, 2.45) is 11.8 Å². The van der Waals surface area contributed by atoms with Crippen LogP contribution in [0.5, 0.6) is 0 Å². The van der Waals surface area contributed by atoms with E-state index in [0.29, 0.717) is 17.6 Å². The van der Waals surface area contributed by atoms with Gasteiger partial charge in [-0.05, 0) is 96.4 Å². The summed E-state index contributed by atoms with van der Waals surface area (Å²) in [4.78, 5) is 0. The summed E-state index contributed by atoms with van der Waals surface area (Å²) in [6, 6.07) is 10.5. The zero-order chi connectivity index (χ0) is 20.0. The molecule has 0 heterocycles. The molecule has 0 radical (unpaired) electrons. The molecule has 2 aliphatic rings. The first kappa shape index (κ1) is 19.6. The van der Waals surface area contributed by atoms with E-state index in [4.69, 9.17) is 23.2 Å². The van der Waals surface area contributed by atoms with Crippen LogP contribution in [0.2, 0.25) is 10.0 Å². The van der Waals surface area contributed by atoms with Crippen LogP contribution in [0.3, 0.4) is 0 Å². The molecule has 4 rings (SSSR count). The Morgan fingerprint density at radius 3 is 2.61 bits per heavy atom. The van der Waals surface area contributed by atoms with E-state index >= 15 is 0 Å². The second-order valence-corrected chi connectivity index (χ2v) is 9.32. The molecule has 2 aromatic rings. The molecule has 1 nitrogen and oxygen atoms in total. The number of aliphatic hydroxyl groups is 1. The van der Waals surface area contributed by atoms with Gasteiger partial charge in [-0.15, -0.1) is 0 Å². The van der Waals surface area contributed by atoms with Crippen LogP contribution in [-0.2, 0) is 12.8 Å². The minimum absolute atomic E-state index is 0.259. The molecule has 1 fully saturated rings. The third kappa shape index (κ3) is 3.63. The van der Waals surface area contributed by atoms with Crippen molar-refractivity contribution in [3.05, 3.63) is 87.1 Å². The van der Waals surface area contributed by atoms with E-state index in [1.54, 1.807) is 0 Å². The normalized spacial score (nSPS) is 23.8. The van der Waals surface area contributed by atoms with E-state index in [9.17, 15) is 5.11 Å². The highest BCUT2D eigenvalue weighted by Gasteiger charge is 2.33. The van der Waals surface area contributed by atoms with Crippen LogP contribution in [-0.4, -0.2) is 5.11 Å². The number of aryl methyl sites for hydroxylation is 1. The van der Waals surface area contributed by atoms with E-state index in [-0.39, 0.29) is 5.92 Å². The molecule has 1 N–H and O–H groups in total. The van der Waals surface area contributed by atoms with Gasteiger partial charge in [0.05, 0.1) is 5.76 Å². The largest absolute Gasteiger partial charge is 0.513 e. The molecule has 0 amide bonds. The van der Waals surface area contributed by atoms with Crippen LogP contribution < -0.4 is 0 Å². The van der Waals surface area contributed by atoms with Gasteiger partial charge in [0.15, 0.2) is 0 Å². The Bertz CT molecular complexity index is 953. The van der Waals surface area contributed by atoms with Crippen molar-refractivity contribution < 1.29 is 5.11 Å². The van der Waals surface area contributed by atoms with Crippen molar-refractivity contribution in [2.75, 3.05) is 0 Å². The summed E-state index contributed by atoms with van der Waals surface area (Å²) < 4.78 is 0. The van der Waals surface area contributed by atoms with Crippen LogP contribution in [0.4, 0.5) is 0 Å². The highest BCUT2D eigenvalue weighted by Crippen LogP contribution is 2.45. The molecular formula is C25H26Cl2O. The Kier molecular flexibility index (Phi) is 5.33. The summed E-state index contributed by atoms with van der Waals surface area (Å²) in [6.07, 6.45) is 4.89. The van der Waals surface area contributed by atoms with Gasteiger partial charge in [0.1, 0.15) is 0 Å². The molecule has 0 aliphatic heterocycles. The van der Waals surface area contributed by atoms with Gasteiger partial charge in [-0.1, -0.05) is 54.6 Å². The summed E-state index contributed by atoms with van der Waals surface area (Å²) >= 11 is 13.0. The molecule has 1 saturated carbocycles. The lowest BCUT2D eigenvalue weighted by atomic mass is 9.69. The van der Waals surface area contributed by atoms with Crippen molar-refractivity contribution in [2.45, 2.75) is 44.9 Å². The average Bonchev–Trinajstić information content (AvgIpc) is 2.60. The van der Waals surface area contributed by atoms with E-state index in [1.807, 2.05) is 12.1 Å². The van der Waals surface area contributed by atoms with Crippen LogP contribution in [0.1, 0.15) is 53.0 Å². The Morgan fingerprint density at radius 1 is 1.14 bits per heavy atom. The fraction of sp³-hybridized carbons (Fsp3) is 0.360. The predicted molar refractivity (Wildman–Crippen MR) is 119 cm³/mol. The number of hydrogen-bond donors (Lipinski definition) is 1. The van der Waals surface area contributed by atoms with Gasteiger partial charge in [-0.3, -0.25) is 0 Å². The molecular weight excluding hydrogens is 387 g/mol. The van der Waals surface area contributed by atoms with Crippen molar-refractivity contribution in [3.63, 3.8) is 0 Å². The zero-order valence-corrected chi connectivity index (χ0v) is 17.8.